The lowest BCUT2D eigenvalue weighted by molar-refractivity contribution is -0.130. The zero-order valence-corrected chi connectivity index (χ0v) is 21.3. The third-order valence-corrected chi connectivity index (χ3v) is 6.98. The topological polar surface area (TPSA) is 42.4 Å². The molecule has 1 aliphatic rings. The third-order valence-electron chi connectivity index (χ3n) is 6.98. The molecule has 0 bridgehead atoms. The number of carbonyl (C=O) groups excluding carboxylic acids is 1. The van der Waals surface area contributed by atoms with E-state index in [1.54, 1.807) is 7.11 Å². The third kappa shape index (κ3) is 6.72. The van der Waals surface area contributed by atoms with Crippen LogP contribution in [0.15, 0.2) is 60.7 Å². The molecule has 4 heteroatoms. The number of hydrogen-bond donors (Lipinski definition) is 0. The minimum Gasteiger partial charge on any atom is -0.497 e. The molecular formula is C31H38N2O2. The van der Waals surface area contributed by atoms with E-state index < -0.39 is 0 Å². The molecule has 0 unspecified atom stereocenters. The molecule has 0 spiro atoms. The van der Waals surface area contributed by atoms with E-state index in [4.69, 9.17) is 9.72 Å². The molecule has 1 aliphatic heterocycles. The Kier molecular flexibility index (Phi) is 8.94. The van der Waals surface area contributed by atoms with Gasteiger partial charge in [-0.1, -0.05) is 56.5 Å². The summed E-state index contributed by atoms with van der Waals surface area (Å²) in [6, 6.07) is 21.3. The first-order chi connectivity index (χ1) is 17.2. The Morgan fingerprint density at radius 1 is 0.857 bits per heavy atom. The molecule has 0 atom stereocenters. The van der Waals surface area contributed by atoms with Gasteiger partial charge in [0.25, 0.3) is 0 Å². The zero-order valence-electron chi connectivity index (χ0n) is 21.3. The molecule has 0 saturated carbocycles. The monoisotopic (exact) mass is 470 g/mol. The highest BCUT2D eigenvalue weighted by Crippen LogP contribution is 2.29. The van der Waals surface area contributed by atoms with E-state index in [1.165, 1.54) is 30.4 Å². The molecule has 184 valence electrons. The van der Waals surface area contributed by atoms with Crippen LogP contribution in [0.1, 0.15) is 63.1 Å². The average molecular weight is 471 g/mol. The van der Waals surface area contributed by atoms with Gasteiger partial charge >= 0.3 is 0 Å². The summed E-state index contributed by atoms with van der Waals surface area (Å²) in [5.41, 5.74) is 6.80. The van der Waals surface area contributed by atoms with E-state index in [0.29, 0.717) is 6.42 Å². The molecule has 3 aromatic rings. The van der Waals surface area contributed by atoms with Gasteiger partial charge in [0.15, 0.2) is 0 Å². The summed E-state index contributed by atoms with van der Waals surface area (Å²) in [6.07, 6.45) is 9.56. The Bertz CT molecular complexity index is 1090. The summed E-state index contributed by atoms with van der Waals surface area (Å²) in [4.78, 5) is 19.7. The number of aromatic nitrogens is 1. The minimum absolute atomic E-state index is 0.284. The van der Waals surface area contributed by atoms with Crippen molar-refractivity contribution in [1.82, 2.24) is 9.88 Å². The van der Waals surface area contributed by atoms with Crippen LogP contribution in [0.4, 0.5) is 0 Å². The fourth-order valence-corrected chi connectivity index (χ4v) is 4.82. The van der Waals surface area contributed by atoms with Crippen LogP contribution in [-0.4, -0.2) is 36.0 Å². The summed E-state index contributed by atoms with van der Waals surface area (Å²) >= 11 is 0. The fourth-order valence-electron chi connectivity index (χ4n) is 4.82. The number of likely N-dealkylation sites (tertiary alicyclic amines) is 1. The molecule has 1 fully saturated rings. The standard InChI is InChI=1S/C31H38N2O2/c1-3-4-6-9-24-11-13-25(14-12-24)28-19-20-29(26-15-17-27(35-2)18-16-26)32-30(28)21-23-33-22-8-5-7-10-31(33)34/h11-20H,3-10,21-23H2,1-2H3. The van der Waals surface area contributed by atoms with Crippen molar-refractivity contribution < 1.29 is 9.53 Å². The van der Waals surface area contributed by atoms with Crippen molar-refractivity contribution in [3.63, 3.8) is 0 Å². The number of benzene rings is 2. The molecule has 1 aromatic heterocycles. The Morgan fingerprint density at radius 3 is 2.37 bits per heavy atom. The van der Waals surface area contributed by atoms with Crippen LogP contribution in [0.2, 0.25) is 0 Å². The second-order valence-electron chi connectivity index (χ2n) is 9.51. The van der Waals surface area contributed by atoms with Gasteiger partial charge in [-0.3, -0.25) is 9.78 Å². The van der Waals surface area contributed by atoms with Crippen molar-refractivity contribution in [1.29, 1.82) is 0 Å². The minimum atomic E-state index is 0.284. The fraction of sp³-hybridized carbons (Fsp3) is 0.419. The SMILES string of the molecule is CCCCCc1ccc(-c2ccc(-c3ccc(OC)cc3)nc2CCN2CCCCCC2=O)cc1. The molecule has 4 nitrogen and oxygen atoms in total. The van der Waals surface area contributed by atoms with Gasteiger partial charge in [0.05, 0.1) is 18.5 Å². The maximum atomic E-state index is 12.6. The predicted molar refractivity (Wildman–Crippen MR) is 144 cm³/mol. The van der Waals surface area contributed by atoms with E-state index in [-0.39, 0.29) is 5.91 Å². The Labute approximate surface area is 210 Å². The number of unbranched alkanes of at least 4 members (excludes halogenated alkanes) is 2. The summed E-state index contributed by atoms with van der Waals surface area (Å²) in [6.45, 7) is 3.82. The highest BCUT2D eigenvalue weighted by molar-refractivity contribution is 5.76. The number of carbonyl (C=O) groups is 1. The smallest absolute Gasteiger partial charge is 0.222 e. The lowest BCUT2D eigenvalue weighted by Gasteiger charge is -2.21. The Balaban J connectivity index is 1.60. The van der Waals surface area contributed by atoms with Crippen LogP contribution < -0.4 is 4.74 Å². The number of aryl methyl sites for hydroxylation is 1. The molecule has 1 amide bonds. The van der Waals surface area contributed by atoms with E-state index >= 15 is 0 Å². The number of nitrogens with zero attached hydrogens (tertiary/aromatic N) is 2. The number of methoxy groups -OCH3 is 1. The van der Waals surface area contributed by atoms with Crippen molar-refractivity contribution in [2.75, 3.05) is 20.2 Å². The second kappa shape index (κ2) is 12.5. The Hall–Kier alpha value is -3.14. The first-order valence-corrected chi connectivity index (χ1v) is 13.2. The van der Waals surface area contributed by atoms with Gasteiger partial charge in [-0.25, -0.2) is 0 Å². The summed E-state index contributed by atoms with van der Waals surface area (Å²) in [7, 11) is 1.68. The van der Waals surface area contributed by atoms with Crippen LogP contribution >= 0.6 is 0 Å². The van der Waals surface area contributed by atoms with Gasteiger partial charge in [-0.05, 0) is 67.1 Å². The molecule has 2 heterocycles. The quantitative estimate of drug-likeness (QED) is 0.297. The first-order valence-electron chi connectivity index (χ1n) is 13.2. The highest BCUT2D eigenvalue weighted by atomic mass is 16.5. The average Bonchev–Trinajstić information content (AvgIpc) is 3.11. The van der Waals surface area contributed by atoms with Gasteiger partial charge in [0, 0.05) is 37.1 Å². The second-order valence-corrected chi connectivity index (χ2v) is 9.51. The molecule has 2 aromatic carbocycles. The number of rotatable bonds is 10. The molecule has 0 N–H and O–H groups in total. The van der Waals surface area contributed by atoms with Gasteiger partial charge in [-0.15, -0.1) is 0 Å². The van der Waals surface area contributed by atoms with Crippen LogP contribution in [0.3, 0.4) is 0 Å². The van der Waals surface area contributed by atoms with Crippen molar-refractivity contribution in [2.45, 2.75) is 64.7 Å². The largest absolute Gasteiger partial charge is 0.497 e. The van der Waals surface area contributed by atoms with Crippen LogP contribution in [0.25, 0.3) is 22.4 Å². The van der Waals surface area contributed by atoms with Gasteiger partial charge in [-0.2, -0.15) is 0 Å². The van der Waals surface area contributed by atoms with Crippen molar-refractivity contribution >= 4 is 5.91 Å². The van der Waals surface area contributed by atoms with Crippen molar-refractivity contribution in [2.24, 2.45) is 0 Å². The molecular weight excluding hydrogens is 432 g/mol. The molecule has 4 rings (SSSR count). The maximum absolute atomic E-state index is 12.6. The molecule has 35 heavy (non-hydrogen) atoms. The lowest BCUT2D eigenvalue weighted by Crippen LogP contribution is -2.32. The van der Waals surface area contributed by atoms with Crippen LogP contribution in [0.5, 0.6) is 5.75 Å². The van der Waals surface area contributed by atoms with Crippen molar-refractivity contribution in [3.8, 4) is 28.1 Å². The first kappa shape index (κ1) is 25.0. The number of amides is 1. The van der Waals surface area contributed by atoms with Gasteiger partial charge in [0.1, 0.15) is 5.75 Å². The number of ether oxygens (including phenoxy) is 1. The van der Waals surface area contributed by atoms with E-state index in [9.17, 15) is 4.79 Å². The lowest BCUT2D eigenvalue weighted by atomic mass is 9.98. The van der Waals surface area contributed by atoms with E-state index in [1.807, 2.05) is 29.2 Å². The Morgan fingerprint density at radius 2 is 1.63 bits per heavy atom. The zero-order chi connectivity index (χ0) is 24.5. The van der Waals surface area contributed by atoms with E-state index in [2.05, 4.69) is 43.3 Å². The molecule has 0 radical (unpaired) electrons. The van der Waals surface area contributed by atoms with E-state index in [0.717, 1.165) is 73.5 Å². The normalized spacial score (nSPS) is 14.1. The molecule has 0 aliphatic carbocycles. The number of pyridine rings is 1. The maximum Gasteiger partial charge on any atom is 0.222 e. The molecule has 1 saturated heterocycles. The van der Waals surface area contributed by atoms with Crippen LogP contribution in [-0.2, 0) is 17.6 Å². The van der Waals surface area contributed by atoms with Gasteiger partial charge in [0.2, 0.25) is 5.91 Å². The summed E-state index contributed by atoms with van der Waals surface area (Å²) in [5.74, 6) is 1.12. The predicted octanol–water partition coefficient (Wildman–Crippen LogP) is 7.10. The highest BCUT2D eigenvalue weighted by Gasteiger charge is 2.18. The van der Waals surface area contributed by atoms with Crippen LogP contribution in [0, 0.1) is 0 Å². The number of hydrogen-bond acceptors (Lipinski definition) is 3. The summed E-state index contributed by atoms with van der Waals surface area (Å²) < 4.78 is 5.31. The van der Waals surface area contributed by atoms with Gasteiger partial charge < -0.3 is 9.64 Å². The van der Waals surface area contributed by atoms with Crippen molar-refractivity contribution in [3.05, 3.63) is 71.9 Å². The summed E-state index contributed by atoms with van der Waals surface area (Å²) in [5, 5.41) is 0.